The van der Waals surface area contributed by atoms with E-state index in [1.54, 1.807) is 0 Å². The van der Waals surface area contributed by atoms with Gasteiger partial charge >= 0.3 is 0 Å². The van der Waals surface area contributed by atoms with Gasteiger partial charge in [0.1, 0.15) is 23.0 Å². The maximum Gasteiger partial charge on any atom is 0.275 e. The third-order valence-electron chi connectivity index (χ3n) is 4.82. The summed E-state index contributed by atoms with van der Waals surface area (Å²) in [6.07, 6.45) is 2.33. The van der Waals surface area contributed by atoms with Gasteiger partial charge in [-0.2, -0.15) is 0 Å². The normalized spacial score (nSPS) is 14.1. The average molecular weight is 424 g/mol. The van der Waals surface area contributed by atoms with Crippen molar-refractivity contribution in [3.05, 3.63) is 62.8 Å². The number of aryl methyl sites for hydroxylation is 1. The summed E-state index contributed by atoms with van der Waals surface area (Å²) in [5.74, 6) is -6.07. The molecule has 160 valence electrons. The predicted octanol–water partition coefficient (Wildman–Crippen LogP) is 1.05. The number of nitrogens with zero attached hydrogens (tertiary/aromatic N) is 2. The molecule has 30 heavy (non-hydrogen) atoms. The number of hydrogen-bond acceptors (Lipinski definition) is 5. The van der Waals surface area contributed by atoms with Crippen LogP contribution in [0, 0.1) is 17.5 Å². The molecule has 0 saturated carbocycles. The van der Waals surface area contributed by atoms with E-state index in [9.17, 15) is 32.7 Å². The molecular weight excluding hydrogens is 405 g/mol. The van der Waals surface area contributed by atoms with E-state index >= 15 is 0 Å². The van der Waals surface area contributed by atoms with E-state index in [0.29, 0.717) is 31.5 Å². The maximum absolute atomic E-state index is 13.7. The Labute approximate surface area is 168 Å². The van der Waals surface area contributed by atoms with Gasteiger partial charge in [-0.1, -0.05) is 0 Å². The van der Waals surface area contributed by atoms with Crippen molar-refractivity contribution in [2.75, 3.05) is 13.2 Å². The number of aromatic hydroxyl groups is 1. The Balaban J connectivity index is 1.93. The van der Waals surface area contributed by atoms with Crippen molar-refractivity contribution in [1.82, 2.24) is 14.8 Å². The summed E-state index contributed by atoms with van der Waals surface area (Å²) in [5, 5.41) is 12.5. The number of halogens is 3. The number of nitrogens with one attached hydrogen (secondary N) is 1. The first-order valence-corrected chi connectivity index (χ1v) is 9.12. The molecule has 4 N–H and O–H groups in total. The van der Waals surface area contributed by atoms with Crippen LogP contribution in [0.25, 0.3) is 0 Å². The quantitative estimate of drug-likeness (QED) is 0.678. The molecule has 0 aliphatic carbocycles. The topological polar surface area (TPSA) is 118 Å². The van der Waals surface area contributed by atoms with Crippen LogP contribution in [0.3, 0.4) is 0 Å². The van der Waals surface area contributed by atoms with Crippen molar-refractivity contribution in [2.45, 2.75) is 25.9 Å². The van der Waals surface area contributed by atoms with Gasteiger partial charge in [-0.3, -0.25) is 14.4 Å². The minimum Gasteiger partial charge on any atom is -0.503 e. The number of carbonyl (C=O) groups excluding carboxylic acids is 2. The molecule has 0 saturated heterocycles. The molecule has 2 aromatic rings. The van der Waals surface area contributed by atoms with Crippen LogP contribution in [0.15, 0.2) is 23.1 Å². The molecule has 2 amide bonds. The molecule has 8 nitrogen and oxygen atoms in total. The molecule has 11 heteroatoms. The van der Waals surface area contributed by atoms with Crippen molar-refractivity contribution < 1.29 is 27.9 Å². The Bertz CT molecular complexity index is 1050. The summed E-state index contributed by atoms with van der Waals surface area (Å²) in [7, 11) is 0. The third-order valence-corrected chi connectivity index (χ3v) is 4.82. The molecule has 1 aromatic carbocycles. The smallest absolute Gasteiger partial charge is 0.275 e. The first-order valence-electron chi connectivity index (χ1n) is 9.12. The zero-order valence-corrected chi connectivity index (χ0v) is 15.8. The minimum atomic E-state index is -1.20. The summed E-state index contributed by atoms with van der Waals surface area (Å²) in [4.78, 5) is 38.8. The molecule has 0 unspecified atom stereocenters. The summed E-state index contributed by atoms with van der Waals surface area (Å²) in [6.45, 7) is -0.142. The average Bonchev–Trinajstić information content (AvgIpc) is 2.67. The third kappa shape index (κ3) is 4.01. The highest BCUT2D eigenvalue weighted by molar-refractivity contribution is 5.98. The molecule has 0 fully saturated rings. The highest BCUT2D eigenvalue weighted by atomic mass is 19.1. The van der Waals surface area contributed by atoms with Crippen LogP contribution >= 0.6 is 0 Å². The summed E-state index contributed by atoms with van der Waals surface area (Å²) >= 11 is 0. The van der Waals surface area contributed by atoms with E-state index < -0.39 is 58.1 Å². The van der Waals surface area contributed by atoms with Crippen LogP contribution in [0.1, 0.15) is 39.3 Å². The van der Waals surface area contributed by atoms with E-state index in [1.165, 1.54) is 9.47 Å². The van der Waals surface area contributed by atoms with E-state index in [1.807, 2.05) is 0 Å². The highest BCUT2D eigenvalue weighted by Crippen LogP contribution is 2.20. The molecule has 1 aliphatic heterocycles. The SMILES string of the molecule is NCN1CCCCn2cc(C(=O)NCc3c(F)cc(F)cc3F)c(=O)c(O)c2C1=O. The van der Waals surface area contributed by atoms with Gasteiger partial charge in [-0.25, -0.2) is 13.2 Å². The van der Waals surface area contributed by atoms with Crippen molar-refractivity contribution >= 4 is 11.8 Å². The lowest BCUT2D eigenvalue weighted by Crippen LogP contribution is -2.41. The van der Waals surface area contributed by atoms with Crippen LogP contribution in [0.4, 0.5) is 13.2 Å². The van der Waals surface area contributed by atoms with Crippen LogP contribution in [-0.2, 0) is 13.1 Å². The first-order chi connectivity index (χ1) is 14.2. The summed E-state index contributed by atoms with van der Waals surface area (Å²) in [6, 6.07) is 0.928. The minimum absolute atomic E-state index is 0.108. The lowest BCUT2D eigenvalue weighted by atomic mass is 10.1. The van der Waals surface area contributed by atoms with Crippen molar-refractivity contribution in [2.24, 2.45) is 5.73 Å². The molecule has 0 bridgehead atoms. The zero-order chi connectivity index (χ0) is 22.0. The van der Waals surface area contributed by atoms with Crippen molar-refractivity contribution in [3.63, 3.8) is 0 Å². The van der Waals surface area contributed by atoms with Gasteiger partial charge in [0.15, 0.2) is 11.4 Å². The molecule has 2 heterocycles. The van der Waals surface area contributed by atoms with E-state index in [0.717, 1.165) is 6.20 Å². The monoisotopic (exact) mass is 424 g/mol. The maximum atomic E-state index is 13.7. The summed E-state index contributed by atoms with van der Waals surface area (Å²) in [5.41, 5.74) is 3.07. The second kappa shape index (κ2) is 8.57. The van der Waals surface area contributed by atoms with Crippen LogP contribution in [-0.4, -0.2) is 39.6 Å². The number of amides is 2. The van der Waals surface area contributed by atoms with Gasteiger partial charge in [-0.05, 0) is 12.8 Å². The fraction of sp³-hybridized carbons (Fsp3) is 0.316. The number of benzene rings is 1. The lowest BCUT2D eigenvalue weighted by Gasteiger charge is -2.26. The zero-order valence-electron chi connectivity index (χ0n) is 15.8. The van der Waals surface area contributed by atoms with Gasteiger partial charge in [0.2, 0.25) is 5.43 Å². The standard InChI is InChI=1S/C19H19F3N4O4/c20-10-5-13(21)11(14(22)6-10)7-24-18(29)12-8-25-3-1-2-4-26(9-23)19(30)15(25)17(28)16(12)27/h5-6,8,28H,1-4,7,9,23H2,(H,24,29). The van der Waals surface area contributed by atoms with E-state index in [2.05, 4.69) is 5.32 Å². The van der Waals surface area contributed by atoms with Gasteiger partial charge in [0, 0.05) is 43.5 Å². The fourth-order valence-electron chi connectivity index (χ4n) is 3.23. The number of rotatable bonds is 4. The first kappa shape index (κ1) is 21.4. The largest absolute Gasteiger partial charge is 0.503 e. The number of nitrogens with two attached hydrogens (primary N) is 1. The second-order valence-electron chi connectivity index (χ2n) is 6.75. The van der Waals surface area contributed by atoms with E-state index in [-0.39, 0.29) is 18.9 Å². The van der Waals surface area contributed by atoms with Crippen LogP contribution < -0.4 is 16.5 Å². The molecular formula is C19H19F3N4O4. The van der Waals surface area contributed by atoms with Crippen molar-refractivity contribution in [3.8, 4) is 5.75 Å². The molecule has 0 radical (unpaired) electrons. The van der Waals surface area contributed by atoms with Crippen LogP contribution in [0.5, 0.6) is 5.75 Å². The van der Waals surface area contributed by atoms with Gasteiger partial charge in [-0.15, -0.1) is 0 Å². The molecule has 0 spiro atoms. The predicted molar refractivity (Wildman–Crippen MR) is 99.2 cm³/mol. The fourth-order valence-corrected chi connectivity index (χ4v) is 3.23. The number of aromatic nitrogens is 1. The molecule has 0 atom stereocenters. The highest BCUT2D eigenvalue weighted by Gasteiger charge is 2.28. The van der Waals surface area contributed by atoms with Crippen LogP contribution in [0.2, 0.25) is 0 Å². The number of fused-ring (bicyclic) bond motifs is 1. The molecule has 1 aromatic heterocycles. The Kier molecular flexibility index (Phi) is 6.11. The number of pyridine rings is 1. The van der Waals surface area contributed by atoms with E-state index in [4.69, 9.17) is 5.73 Å². The number of hydrogen-bond donors (Lipinski definition) is 3. The summed E-state index contributed by atoms with van der Waals surface area (Å²) < 4.78 is 41.8. The number of carbonyl (C=O) groups is 2. The second-order valence-corrected chi connectivity index (χ2v) is 6.75. The Morgan fingerprint density at radius 3 is 2.40 bits per heavy atom. The molecule has 3 rings (SSSR count). The Hall–Kier alpha value is -3.34. The van der Waals surface area contributed by atoms with Gasteiger partial charge < -0.3 is 25.6 Å². The van der Waals surface area contributed by atoms with Crippen molar-refractivity contribution in [1.29, 1.82) is 0 Å². The Morgan fingerprint density at radius 1 is 1.13 bits per heavy atom. The van der Waals surface area contributed by atoms with Gasteiger partial charge in [0.25, 0.3) is 11.8 Å². The van der Waals surface area contributed by atoms with Gasteiger partial charge in [0.05, 0.1) is 6.67 Å². The lowest BCUT2D eigenvalue weighted by molar-refractivity contribution is 0.0729. The molecule has 1 aliphatic rings. The Morgan fingerprint density at radius 2 is 1.77 bits per heavy atom.